The minimum Gasteiger partial charge on any atom is -0.394 e. The molecule has 44 heavy (non-hydrogen) atoms. The van der Waals surface area contributed by atoms with Gasteiger partial charge in [0.15, 0.2) is 18.1 Å². The molecule has 3 unspecified atom stereocenters. The van der Waals surface area contributed by atoms with Crippen LogP contribution in [-0.2, 0) is 27.7 Å². The number of rotatable bonds is 9. The highest BCUT2D eigenvalue weighted by Crippen LogP contribution is 2.57. The summed E-state index contributed by atoms with van der Waals surface area (Å²) in [4.78, 5) is 47.4. The second kappa shape index (κ2) is 11.6. The summed E-state index contributed by atoms with van der Waals surface area (Å²) in [6, 6.07) is 2.93. The third-order valence-corrected chi connectivity index (χ3v) is 9.86. The third-order valence-electron chi connectivity index (χ3n) is 7.55. The highest BCUT2D eigenvalue weighted by Gasteiger charge is 2.56. The second-order valence-electron chi connectivity index (χ2n) is 10.1. The van der Waals surface area contributed by atoms with Gasteiger partial charge in [-0.3, -0.25) is 18.9 Å². The highest BCUT2D eigenvalue weighted by atomic mass is 31.2. The van der Waals surface area contributed by atoms with Crippen molar-refractivity contribution in [3.63, 3.8) is 0 Å². The normalized spacial score (nSPS) is 31.1. The summed E-state index contributed by atoms with van der Waals surface area (Å²) in [7, 11) is -8.59. The Bertz CT molecular complexity index is 1830. The van der Waals surface area contributed by atoms with E-state index in [9.17, 15) is 39.0 Å². The van der Waals surface area contributed by atoms with Crippen molar-refractivity contribution in [3.05, 3.63) is 41.2 Å². The average molecular weight is 658 g/mol. The largest absolute Gasteiger partial charge is 0.394 e. The SMILES string of the molecule is Nc1nc2c(ccn2[C@@H]2OC(CO)[C@@H](O)[C@H]2P(=O)(O)OC[C@H]2O[C@@H](n3ccc4c(N)ncnc43)[C@H](O)[C@@H]2O[PH](=O)O)c(=O)[nH]1. The van der Waals surface area contributed by atoms with Crippen molar-refractivity contribution in [2.45, 2.75) is 48.6 Å². The monoisotopic (exact) mass is 658 g/mol. The van der Waals surface area contributed by atoms with E-state index in [1.165, 1.54) is 33.9 Å². The molecule has 2 saturated heterocycles. The summed E-state index contributed by atoms with van der Waals surface area (Å²) in [6.07, 6.45) is -6.25. The summed E-state index contributed by atoms with van der Waals surface area (Å²) in [5.41, 5.74) is 9.48. The van der Waals surface area contributed by atoms with Gasteiger partial charge in [0.05, 0.1) is 24.0 Å². The summed E-state index contributed by atoms with van der Waals surface area (Å²) in [5, 5.41) is 32.2. The maximum atomic E-state index is 13.7. The second-order valence-corrected chi connectivity index (χ2v) is 12.9. The van der Waals surface area contributed by atoms with E-state index in [2.05, 4.69) is 19.9 Å². The van der Waals surface area contributed by atoms with Gasteiger partial charge < -0.3 is 64.2 Å². The van der Waals surface area contributed by atoms with E-state index < -0.39 is 83.3 Å². The van der Waals surface area contributed by atoms with E-state index in [4.69, 9.17) is 30.0 Å². The smallest absolute Gasteiger partial charge is 0.338 e. The number of hydrogen-bond donors (Lipinski definition) is 8. The van der Waals surface area contributed by atoms with E-state index >= 15 is 0 Å². The molecule has 0 aromatic carbocycles. The minimum absolute atomic E-state index is 0.0259. The first kappa shape index (κ1) is 30.8. The maximum absolute atomic E-state index is 13.7. The lowest BCUT2D eigenvalue weighted by Gasteiger charge is -2.27. The summed E-state index contributed by atoms with van der Waals surface area (Å²) in [5.74, 6) is -0.0911. The van der Waals surface area contributed by atoms with Crippen LogP contribution in [0.1, 0.15) is 12.5 Å². The number of anilines is 2. The van der Waals surface area contributed by atoms with E-state index in [1.807, 2.05) is 0 Å². The van der Waals surface area contributed by atoms with Crippen molar-refractivity contribution in [2.24, 2.45) is 0 Å². The molecule has 6 heterocycles. The van der Waals surface area contributed by atoms with Crippen LogP contribution in [0.3, 0.4) is 0 Å². The lowest BCUT2D eigenvalue weighted by atomic mass is 10.1. The minimum atomic E-state index is -4.95. The Morgan fingerprint density at radius 3 is 2.43 bits per heavy atom. The zero-order valence-electron chi connectivity index (χ0n) is 22.4. The number of fused-ring (bicyclic) bond motifs is 2. The first-order valence-electron chi connectivity index (χ1n) is 13.0. The summed E-state index contributed by atoms with van der Waals surface area (Å²) < 4.78 is 50.0. The number of aliphatic hydroxyl groups is 3. The number of ether oxygens (including phenoxy) is 2. The molecule has 20 nitrogen and oxygen atoms in total. The molecular formula is C22H28N8O12P2. The van der Waals surface area contributed by atoms with Gasteiger partial charge in [-0.05, 0) is 12.1 Å². The van der Waals surface area contributed by atoms with Gasteiger partial charge in [0.2, 0.25) is 5.95 Å². The Morgan fingerprint density at radius 1 is 1.05 bits per heavy atom. The van der Waals surface area contributed by atoms with Gasteiger partial charge in [-0.2, -0.15) is 4.98 Å². The molecule has 22 heteroatoms. The fourth-order valence-corrected chi connectivity index (χ4v) is 7.71. The predicted octanol–water partition coefficient (Wildman–Crippen LogP) is -1.82. The molecule has 0 bridgehead atoms. The summed E-state index contributed by atoms with van der Waals surface area (Å²) >= 11 is 0. The highest BCUT2D eigenvalue weighted by molar-refractivity contribution is 7.53. The number of aromatic amines is 1. The Labute approximate surface area is 246 Å². The van der Waals surface area contributed by atoms with Crippen molar-refractivity contribution in [2.75, 3.05) is 24.7 Å². The molecule has 0 aliphatic carbocycles. The number of hydrogen-bond acceptors (Lipinski definition) is 15. The molecule has 2 aliphatic rings. The molecule has 2 aliphatic heterocycles. The fraction of sp³-hybridized carbons (Fsp3) is 0.455. The zero-order chi connectivity index (χ0) is 31.5. The van der Waals surface area contributed by atoms with Gasteiger partial charge in [0.1, 0.15) is 54.0 Å². The molecule has 4 aromatic heterocycles. The van der Waals surface area contributed by atoms with Crippen LogP contribution in [0.25, 0.3) is 22.1 Å². The fourth-order valence-electron chi connectivity index (χ4n) is 5.54. The number of nitrogens with two attached hydrogens (primary N) is 2. The molecule has 0 saturated carbocycles. The topological polar surface area (TPSA) is 306 Å². The van der Waals surface area contributed by atoms with Crippen LogP contribution in [0, 0.1) is 0 Å². The quantitative estimate of drug-likeness (QED) is 0.0918. The van der Waals surface area contributed by atoms with Gasteiger partial charge in [-0.15, -0.1) is 0 Å². The van der Waals surface area contributed by atoms with Crippen molar-refractivity contribution in [1.29, 1.82) is 0 Å². The van der Waals surface area contributed by atoms with E-state index in [-0.39, 0.29) is 28.4 Å². The predicted molar refractivity (Wildman–Crippen MR) is 149 cm³/mol. The standard InChI is InChI=1S/C22H28N8O12P2/c23-16-8-1-3-29(17(8)26-7-25-16)20-13(33)14(42-43(35)36)11(41-20)6-39-44(37,38)15-12(32)10(5-31)40-21(15)30-4-2-9-18(30)27-22(24)28-19(9)34/h1-4,7,10-15,20-21,31-33,43H,5-6H2,(H,35,36)(H,37,38)(H2,23,25,26)(H3,24,27,28,34)/t10?,11-,12-,13-,14-,15-,20-,21-/m1/s1. The molecule has 0 amide bonds. The third kappa shape index (κ3) is 5.23. The number of aliphatic hydroxyl groups excluding tert-OH is 3. The van der Waals surface area contributed by atoms with Crippen molar-refractivity contribution in [3.8, 4) is 0 Å². The first-order chi connectivity index (χ1) is 20.9. The van der Waals surface area contributed by atoms with Gasteiger partial charge >= 0.3 is 15.9 Å². The number of nitrogens with zero attached hydrogens (tertiary/aromatic N) is 5. The molecule has 6 rings (SSSR count). The van der Waals surface area contributed by atoms with E-state index in [1.54, 1.807) is 6.07 Å². The van der Waals surface area contributed by atoms with Gasteiger partial charge in [0.25, 0.3) is 5.56 Å². The molecule has 0 spiro atoms. The Morgan fingerprint density at radius 2 is 1.73 bits per heavy atom. The van der Waals surface area contributed by atoms with Crippen LogP contribution in [-0.4, -0.2) is 104 Å². The number of nitrogens with one attached hydrogen (secondary N) is 1. The number of nitrogen functional groups attached to an aromatic ring is 2. The average Bonchev–Trinajstić information content (AvgIpc) is 3.72. The van der Waals surface area contributed by atoms with Crippen LogP contribution in [0.2, 0.25) is 0 Å². The number of H-pyrrole nitrogens is 1. The van der Waals surface area contributed by atoms with Crippen molar-refractivity contribution >= 4 is 49.7 Å². The van der Waals surface area contributed by atoms with Crippen LogP contribution >= 0.6 is 15.9 Å². The van der Waals surface area contributed by atoms with Crippen molar-refractivity contribution < 1.29 is 52.8 Å². The number of aromatic nitrogens is 6. The molecule has 0 radical (unpaired) electrons. The Kier molecular flexibility index (Phi) is 8.10. The lowest BCUT2D eigenvalue weighted by Crippen LogP contribution is -2.37. The molecule has 2 fully saturated rings. The molecule has 238 valence electrons. The van der Waals surface area contributed by atoms with Gasteiger partial charge in [-0.1, -0.05) is 0 Å². The van der Waals surface area contributed by atoms with Crippen LogP contribution in [0.4, 0.5) is 11.8 Å². The molecular weight excluding hydrogens is 630 g/mol. The molecule has 10 atom stereocenters. The summed E-state index contributed by atoms with van der Waals surface area (Å²) in [6.45, 7) is -1.50. The maximum Gasteiger partial charge on any atom is 0.338 e. The van der Waals surface area contributed by atoms with Crippen LogP contribution in [0.5, 0.6) is 0 Å². The van der Waals surface area contributed by atoms with E-state index in [0.29, 0.717) is 5.39 Å². The molecule has 10 N–H and O–H groups in total. The van der Waals surface area contributed by atoms with Gasteiger partial charge in [0, 0.05) is 12.4 Å². The van der Waals surface area contributed by atoms with Crippen LogP contribution < -0.4 is 17.0 Å². The zero-order valence-corrected chi connectivity index (χ0v) is 24.2. The lowest BCUT2D eigenvalue weighted by molar-refractivity contribution is -0.0488. The molecule has 4 aromatic rings. The van der Waals surface area contributed by atoms with E-state index in [0.717, 1.165) is 0 Å². The van der Waals surface area contributed by atoms with Crippen molar-refractivity contribution in [1.82, 2.24) is 29.1 Å². The first-order valence-corrected chi connectivity index (χ1v) is 15.9. The Hall–Kier alpha value is -3.26. The van der Waals surface area contributed by atoms with Crippen LogP contribution in [0.15, 0.2) is 35.6 Å². The Balaban J connectivity index is 1.29. The van der Waals surface area contributed by atoms with Gasteiger partial charge in [-0.25, -0.2) is 9.97 Å².